The second-order valence-electron chi connectivity index (χ2n) is 7.91. The molecule has 0 aromatic carbocycles. The van der Waals surface area contributed by atoms with Crippen molar-refractivity contribution >= 4 is 16.8 Å². The van der Waals surface area contributed by atoms with Crippen LogP contribution in [0, 0.1) is 11.3 Å². The Morgan fingerprint density at radius 2 is 2.04 bits per heavy atom. The normalized spacial score (nSPS) is 19.3. The van der Waals surface area contributed by atoms with Crippen molar-refractivity contribution in [2.24, 2.45) is 11.3 Å². The number of rotatable bonds is 2. The number of carbonyl (C=O) groups excluding carboxylic acids is 1. The molecule has 1 aliphatic heterocycles. The van der Waals surface area contributed by atoms with E-state index in [1.807, 2.05) is 39.2 Å². The SMILES string of the molecule is CC(C)(C)C(=O)N1CCC[C@H](Cc2ccnc3ccncc23)CC1. The van der Waals surface area contributed by atoms with Gasteiger partial charge in [0.2, 0.25) is 5.91 Å². The van der Waals surface area contributed by atoms with Crippen LogP contribution in [0.3, 0.4) is 0 Å². The van der Waals surface area contributed by atoms with Crippen molar-refractivity contribution in [2.45, 2.75) is 46.5 Å². The second kappa shape index (κ2) is 6.88. The lowest BCUT2D eigenvalue weighted by Gasteiger charge is -2.28. The molecule has 4 nitrogen and oxygen atoms in total. The first-order valence-electron chi connectivity index (χ1n) is 8.92. The molecular formula is C20H27N3O. The van der Waals surface area contributed by atoms with Crippen LogP contribution in [-0.4, -0.2) is 33.9 Å². The minimum atomic E-state index is -0.285. The lowest BCUT2D eigenvalue weighted by molar-refractivity contribution is -0.139. The summed E-state index contributed by atoms with van der Waals surface area (Å²) >= 11 is 0. The third-order valence-electron chi connectivity index (χ3n) is 4.92. The molecule has 2 aromatic rings. The van der Waals surface area contributed by atoms with Gasteiger partial charge >= 0.3 is 0 Å². The van der Waals surface area contributed by atoms with Crippen LogP contribution in [0.5, 0.6) is 0 Å². The molecule has 4 heteroatoms. The zero-order chi connectivity index (χ0) is 17.2. The van der Waals surface area contributed by atoms with E-state index in [-0.39, 0.29) is 11.3 Å². The minimum Gasteiger partial charge on any atom is -0.342 e. The Labute approximate surface area is 144 Å². The Kier molecular flexibility index (Phi) is 4.83. The van der Waals surface area contributed by atoms with Crippen LogP contribution in [0.25, 0.3) is 10.9 Å². The van der Waals surface area contributed by atoms with Gasteiger partial charge in [-0.1, -0.05) is 20.8 Å². The number of pyridine rings is 2. The van der Waals surface area contributed by atoms with Gasteiger partial charge < -0.3 is 4.90 Å². The largest absolute Gasteiger partial charge is 0.342 e. The van der Waals surface area contributed by atoms with E-state index in [4.69, 9.17) is 0 Å². The molecule has 0 aliphatic carbocycles. The molecule has 1 fully saturated rings. The van der Waals surface area contributed by atoms with Crippen molar-refractivity contribution in [3.05, 3.63) is 36.3 Å². The monoisotopic (exact) mass is 325 g/mol. The first kappa shape index (κ1) is 16.9. The van der Waals surface area contributed by atoms with E-state index < -0.39 is 0 Å². The highest BCUT2D eigenvalue weighted by Gasteiger charge is 2.29. The fourth-order valence-corrected chi connectivity index (χ4v) is 3.58. The molecule has 1 saturated heterocycles. The maximum atomic E-state index is 12.5. The quantitative estimate of drug-likeness (QED) is 0.842. The molecule has 0 saturated carbocycles. The average molecular weight is 325 g/mol. The second-order valence-corrected chi connectivity index (χ2v) is 7.91. The standard InChI is InChI=1S/C20H27N3O/c1-20(2,3)19(24)23-11-4-5-15(8-12-23)13-16-6-10-22-18-7-9-21-14-17(16)18/h6-7,9-10,14-15H,4-5,8,11-13H2,1-3H3/t15-/m0/s1. The van der Waals surface area contributed by atoms with Crippen molar-refractivity contribution in [3.63, 3.8) is 0 Å². The summed E-state index contributed by atoms with van der Waals surface area (Å²) in [5, 5.41) is 1.16. The molecule has 0 N–H and O–H groups in total. The van der Waals surface area contributed by atoms with Gasteiger partial charge in [-0.05, 0) is 49.3 Å². The van der Waals surface area contributed by atoms with Crippen LogP contribution in [0.1, 0.15) is 45.6 Å². The number of nitrogens with zero attached hydrogens (tertiary/aromatic N) is 3. The topological polar surface area (TPSA) is 46.1 Å². The maximum absolute atomic E-state index is 12.5. The Morgan fingerprint density at radius 1 is 1.21 bits per heavy atom. The van der Waals surface area contributed by atoms with Gasteiger partial charge in [0.1, 0.15) is 0 Å². The van der Waals surface area contributed by atoms with Gasteiger partial charge in [0.25, 0.3) is 0 Å². The summed E-state index contributed by atoms with van der Waals surface area (Å²) < 4.78 is 0. The number of aromatic nitrogens is 2. The van der Waals surface area contributed by atoms with Crippen LogP contribution < -0.4 is 0 Å². The summed E-state index contributed by atoms with van der Waals surface area (Å²) in [6.07, 6.45) is 9.99. The zero-order valence-corrected chi connectivity index (χ0v) is 15.0. The lowest BCUT2D eigenvalue weighted by Crippen LogP contribution is -2.40. The highest BCUT2D eigenvalue weighted by Crippen LogP contribution is 2.27. The van der Waals surface area contributed by atoms with Gasteiger partial charge in [0.05, 0.1) is 5.52 Å². The highest BCUT2D eigenvalue weighted by molar-refractivity contribution is 5.81. The predicted octanol–water partition coefficient (Wildman–Crippen LogP) is 3.85. The fraction of sp³-hybridized carbons (Fsp3) is 0.550. The van der Waals surface area contributed by atoms with E-state index in [0.717, 1.165) is 43.3 Å². The highest BCUT2D eigenvalue weighted by atomic mass is 16.2. The van der Waals surface area contributed by atoms with Crippen molar-refractivity contribution in [1.29, 1.82) is 0 Å². The predicted molar refractivity (Wildman–Crippen MR) is 96.6 cm³/mol. The van der Waals surface area contributed by atoms with Crippen LogP contribution in [0.2, 0.25) is 0 Å². The van der Waals surface area contributed by atoms with Gasteiger partial charge in [-0.3, -0.25) is 14.8 Å². The molecule has 0 spiro atoms. The summed E-state index contributed by atoms with van der Waals surface area (Å²) in [6.45, 7) is 7.79. The van der Waals surface area contributed by atoms with Gasteiger partial charge in [-0.25, -0.2) is 0 Å². The lowest BCUT2D eigenvalue weighted by atomic mass is 9.91. The summed E-state index contributed by atoms with van der Waals surface area (Å²) in [4.78, 5) is 23.3. The van der Waals surface area contributed by atoms with Crippen LogP contribution in [0.15, 0.2) is 30.7 Å². The van der Waals surface area contributed by atoms with Crippen molar-refractivity contribution in [2.75, 3.05) is 13.1 Å². The van der Waals surface area contributed by atoms with Gasteiger partial charge in [0.15, 0.2) is 0 Å². The van der Waals surface area contributed by atoms with Crippen molar-refractivity contribution < 1.29 is 4.79 Å². The van der Waals surface area contributed by atoms with Crippen LogP contribution >= 0.6 is 0 Å². The minimum absolute atomic E-state index is 0.279. The van der Waals surface area contributed by atoms with Crippen molar-refractivity contribution in [3.8, 4) is 0 Å². The molecule has 2 aromatic heterocycles. The van der Waals surface area contributed by atoms with Gasteiger partial charge in [0, 0.05) is 42.5 Å². The molecule has 1 aliphatic rings. The summed E-state index contributed by atoms with van der Waals surface area (Å²) in [6, 6.07) is 4.09. The molecule has 0 radical (unpaired) electrons. The summed E-state index contributed by atoms with van der Waals surface area (Å²) in [5.74, 6) is 0.898. The number of fused-ring (bicyclic) bond motifs is 1. The Hall–Kier alpha value is -1.97. The Balaban J connectivity index is 1.70. The van der Waals surface area contributed by atoms with E-state index in [0.29, 0.717) is 5.92 Å². The number of likely N-dealkylation sites (tertiary alicyclic amines) is 1. The van der Waals surface area contributed by atoms with Crippen LogP contribution in [-0.2, 0) is 11.2 Å². The number of amides is 1. The first-order valence-corrected chi connectivity index (χ1v) is 8.92. The van der Waals surface area contributed by atoms with E-state index in [1.54, 1.807) is 6.20 Å². The van der Waals surface area contributed by atoms with Gasteiger partial charge in [-0.15, -0.1) is 0 Å². The third kappa shape index (κ3) is 3.74. The molecule has 3 heterocycles. The number of carbonyl (C=O) groups is 1. The van der Waals surface area contributed by atoms with E-state index >= 15 is 0 Å². The fourth-order valence-electron chi connectivity index (χ4n) is 3.58. The summed E-state index contributed by atoms with van der Waals surface area (Å²) in [5.41, 5.74) is 2.06. The molecular weight excluding hydrogens is 298 g/mol. The average Bonchev–Trinajstić information content (AvgIpc) is 2.79. The maximum Gasteiger partial charge on any atom is 0.227 e. The third-order valence-corrected chi connectivity index (χ3v) is 4.92. The molecule has 3 rings (SSSR count). The van der Waals surface area contributed by atoms with E-state index in [1.165, 1.54) is 12.0 Å². The molecule has 24 heavy (non-hydrogen) atoms. The Morgan fingerprint density at radius 3 is 2.83 bits per heavy atom. The van der Waals surface area contributed by atoms with Crippen LogP contribution in [0.4, 0.5) is 0 Å². The van der Waals surface area contributed by atoms with Gasteiger partial charge in [-0.2, -0.15) is 0 Å². The first-order chi connectivity index (χ1) is 11.4. The summed E-state index contributed by atoms with van der Waals surface area (Å²) in [7, 11) is 0. The Bertz CT molecular complexity index is 715. The molecule has 0 unspecified atom stereocenters. The molecule has 1 amide bonds. The molecule has 128 valence electrons. The number of hydrogen-bond donors (Lipinski definition) is 0. The molecule has 0 bridgehead atoms. The van der Waals surface area contributed by atoms with Crippen molar-refractivity contribution in [1.82, 2.24) is 14.9 Å². The zero-order valence-electron chi connectivity index (χ0n) is 15.0. The number of hydrogen-bond acceptors (Lipinski definition) is 3. The smallest absolute Gasteiger partial charge is 0.227 e. The van der Waals surface area contributed by atoms with E-state index in [2.05, 4.69) is 20.9 Å². The molecule has 1 atom stereocenters. The van der Waals surface area contributed by atoms with E-state index in [9.17, 15) is 4.79 Å².